The Bertz CT molecular complexity index is 507. The van der Waals surface area contributed by atoms with Gasteiger partial charge < -0.3 is 14.2 Å². The van der Waals surface area contributed by atoms with Gasteiger partial charge in [0, 0.05) is 18.7 Å². The van der Waals surface area contributed by atoms with Gasteiger partial charge in [-0.25, -0.2) is 4.98 Å². The molecular weight excluding hydrogens is 274 g/mol. The van der Waals surface area contributed by atoms with Crippen LogP contribution in [0.4, 0.5) is 0 Å². The van der Waals surface area contributed by atoms with E-state index < -0.39 is 0 Å². The second kappa shape index (κ2) is 8.73. The number of hydrogen-bond acceptors (Lipinski definition) is 6. The van der Waals surface area contributed by atoms with Crippen LogP contribution in [-0.4, -0.2) is 38.3 Å². The highest BCUT2D eigenvalue weighted by atomic mass is 16.5. The lowest BCUT2D eigenvalue weighted by Gasteiger charge is -2.08. The number of rotatable bonds is 7. The average Bonchev–Trinajstić information content (AvgIpc) is 2.54. The maximum Gasteiger partial charge on any atom is 0.309 e. The molecule has 0 fully saturated rings. The number of pyridine rings is 1. The average molecular weight is 293 g/mol. The lowest BCUT2D eigenvalue weighted by molar-refractivity contribution is -0.140. The molecule has 0 unspecified atom stereocenters. The summed E-state index contributed by atoms with van der Waals surface area (Å²) in [4.78, 5) is 26.6. The van der Waals surface area contributed by atoms with E-state index in [4.69, 9.17) is 4.74 Å². The van der Waals surface area contributed by atoms with E-state index in [-0.39, 0.29) is 24.8 Å². The van der Waals surface area contributed by atoms with Crippen molar-refractivity contribution in [3.8, 4) is 5.88 Å². The third-order valence-corrected chi connectivity index (χ3v) is 2.89. The molecule has 21 heavy (non-hydrogen) atoms. The van der Waals surface area contributed by atoms with E-state index in [1.165, 1.54) is 21.3 Å². The molecule has 1 aromatic heterocycles. The molecule has 0 bridgehead atoms. The largest absolute Gasteiger partial charge is 0.481 e. The Morgan fingerprint density at radius 1 is 1.10 bits per heavy atom. The Hall–Kier alpha value is -2.37. The Balaban J connectivity index is 2.88. The molecule has 0 N–H and O–H groups in total. The smallest absolute Gasteiger partial charge is 0.309 e. The van der Waals surface area contributed by atoms with Crippen LogP contribution in [0.2, 0.25) is 0 Å². The molecule has 0 aliphatic rings. The molecule has 0 atom stereocenters. The first-order chi connectivity index (χ1) is 10.1. The van der Waals surface area contributed by atoms with Gasteiger partial charge in [-0.3, -0.25) is 9.59 Å². The zero-order valence-electron chi connectivity index (χ0n) is 12.4. The normalized spacial score (nSPS) is 10.9. The van der Waals surface area contributed by atoms with Crippen LogP contribution in [0.3, 0.4) is 0 Å². The second-order valence-corrected chi connectivity index (χ2v) is 4.17. The van der Waals surface area contributed by atoms with E-state index in [9.17, 15) is 9.59 Å². The van der Waals surface area contributed by atoms with Gasteiger partial charge in [0.1, 0.15) is 0 Å². The molecule has 1 aromatic rings. The van der Waals surface area contributed by atoms with E-state index >= 15 is 0 Å². The van der Waals surface area contributed by atoms with Crippen LogP contribution < -0.4 is 4.74 Å². The first-order valence-electron chi connectivity index (χ1n) is 6.43. The number of methoxy groups -OCH3 is 3. The fourth-order valence-corrected chi connectivity index (χ4v) is 1.68. The molecule has 0 aliphatic heterocycles. The first-order valence-corrected chi connectivity index (χ1v) is 6.43. The molecule has 6 nitrogen and oxygen atoms in total. The van der Waals surface area contributed by atoms with Crippen molar-refractivity contribution in [2.45, 2.75) is 19.3 Å². The minimum Gasteiger partial charge on any atom is -0.481 e. The summed E-state index contributed by atoms with van der Waals surface area (Å²) in [7, 11) is 4.21. The van der Waals surface area contributed by atoms with E-state index in [1.54, 1.807) is 18.3 Å². The van der Waals surface area contributed by atoms with Crippen molar-refractivity contribution >= 4 is 17.5 Å². The van der Waals surface area contributed by atoms with Crippen molar-refractivity contribution in [2.75, 3.05) is 21.3 Å². The van der Waals surface area contributed by atoms with Gasteiger partial charge in [0.05, 0.1) is 27.8 Å². The van der Waals surface area contributed by atoms with Gasteiger partial charge in [-0.05, 0) is 23.6 Å². The molecule has 0 saturated carbocycles. The predicted molar refractivity (Wildman–Crippen MR) is 76.6 cm³/mol. The molecule has 114 valence electrons. The highest BCUT2D eigenvalue weighted by molar-refractivity contribution is 5.77. The standard InChI is InChI=1S/C15H19NO5/c1-19-13-7-4-12(10-16-13)11(5-8-14(17)20-2)6-9-15(18)21-3/h4-5,7,10H,6,8-9H2,1-3H3. The predicted octanol–water partition coefficient (Wildman–Crippen LogP) is 1.99. The molecule has 6 heteroatoms. The Labute approximate surface area is 123 Å². The Kier molecular flexibility index (Phi) is 6.94. The fourth-order valence-electron chi connectivity index (χ4n) is 1.68. The third-order valence-electron chi connectivity index (χ3n) is 2.89. The van der Waals surface area contributed by atoms with Gasteiger partial charge in [0.15, 0.2) is 0 Å². The number of allylic oxidation sites excluding steroid dienone is 1. The zero-order chi connectivity index (χ0) is 15.7. The molecule has 0 radical (unpaired) electrons. The van der Waals surface area contributed by atoms with Gasteiger partial charge in [0.2, 0.25) is 5.88 Å². The molecule has 1 rings (SSSR count). The van der Waals surface area contributed by atoms with Crippen LogP contribution in [-0.2, 0) is 19.1 Å². The number of carbonyl (C=O) groups excluding carboxylic acids is 2. The summed E-state index contributed by atoms with van der Waals surface area (Å²) in [6.07, 6.45) is 4.20. The van der Waals surface area contributed by atoms with Gasteiger partial charge in [-0.2, -0.15) is 0 Å². The maximum absolute atomic E-state index is 11.3. The summed E-state index contributed by atoms with van der Waals surface area (Å²) in [5.74, 6) is -0.147. The number of carbonyl (C=O) groups is 2. The Morgan fingerprint density at radius 3 is 2.33 bits per heavy atom. The quantitative estimate of drug-likeness (QED) is 0.716. The highest BCUT2D eigenvalue weighted by Gasteiger charge is 2.08. The van der Waals surface area contributed by atoms with Crippen LogP contribution in [0.15, 0.2) is 24.4 Å². The van der Waals surface area contributed by atoms with E-state index in [1.807, 2.05) is 6.07 Å². The lowest BCUT2D eigenvalue weighted by atomic mass is 10.0. The molecule has 1 heterocycles. The fraction of sp³-hybridized carbons (Fsp3) is 0.400. The third kappa shape index (κ3) is 5.64. The molecule has 0 aromatic carbocycles. The van der Waals surface area contributed by atoms with Crippen LogP contribution >= 0.6 is 0 Å². The van der Waals surface area contributed by atoms with Gasteiger partial charge in [-0.1, -0.05) is 6.08 Å². The summed E-state index contributed by atoms with van der Waals surface area (Å²) in [6.45, 7) is 0. The van der Waals surface area contributed by atoms with Crippen molar-refractivity contribution in [1.29, 1.82) is 0 Å². The highest BCUT2D eigenvalue weighted by Crippen LogP contribution is 2.22. The lowest BCUT2D eigenvalue weighted by Crippen LogP contribution is -2.02. The van der Waals surface area contributed by atoms with E-state index in [0.717, 1.165) is 11.1 Å². The number of aromatic nitrogens is 1. The maximum atomic E-state index is 11.3. The summed E-state index contributed by atoms with van der Waals surface area (Å²) in [5, 5.41) is 0. The number of hydrogen-bond donors (Lipinski definition) is 0. The molecular formula is C15H19NO5. The van der Waals surface area contributed by atoms with E-state index in [2.05, 4.69) is 14.5 Å². The molecule has 0 saturated heterocycles. The number of esters is 2. The molecule has 0 spiro atoms. The number of nitrogens with zero attached hydrogens (tertiary/aromatic N) is 1. The molecule has 0 aliphatic carbocycles. The summed E-state index contributed by atoms with van der Waals surface area (Å²) in [6, 6.07) is 3.55. The molecule has 0 amide bonds. The van der Waals surface area contributed by atoms with Crippen molar-refractivity contribution in [3.05, 3.63) is 30.0 Å². The summed E-state index contributed by atoms with van der Waals surface area (Å²) < 4.78 is 14.2. The summed E-state index contributed by atoms with van der Waals surface area (Å²) in [5.41, 5.74) is 1.66. The first kappa shape index (κ1) is 16.7. The zero-order valence-corrected chi connectivity index (χ0v) is 12.4. The minimum atomic E-state index is -0.341. The van der Waals surface area contributed by atoms with Crippen LogP contribution in [0, 0.1) is 0 Å². The summed E-state index contributed by atoms with van der Waals surface area (Å²) >= 11 is 0. The van der Waals surface area contributed by atoms with Gasteiger partial charge >= 0.3 is 11.9 Å². The van der Waals surface area contributed by atoms with Crippen molar-refractivity contribution in [2.24, 2.45) is 0 Å². The number of ether oxygens (including phenoxy) is 3. The van der Waals surface area contributed by atoms with E-state index in [0.29, 0.717) is 12.3 Å². The van der Waals surface area contributed by atoms with Gasteiger partial charge in [0.25, 0.3) is 0 Å². The van der Waals surface area contributed by atoms with Crippen molar-refractivity contribution in [1.82, 2.24) is 4.98 Å². The second-order valence-electron chi connectivity index (χ2n) is 4.17. The van der Waals surface area contributed by atoms with Crippen LogP contribution in [0.5, 0.6) is 5.88 Å². The van der Waals surface area contributed by atoms with Crippen molar-refractivity contribution in [3.63, 3.8) is 0 Å². The van der Waals surface area contributed by atoms with Crippen LogP contribution in [0.1, 0.15) is 24.8 Å². The SMILES string of the molecule is COC(=O)CC=C(CCC(=O)OC)c1ccc(OC)nc1. The van der Waals surface area contributed by atoms with Gasteiger partial charge in [-0.15, -0.1) is 0 Å². The Morgan fingerprint density at radius 2 is 1.81 bits per heavy atom. The topological polar surface area (TPSA) is 74.7 Å². The monoisotopic (exact) mass is 293 g/mol. The van der Waals surface area contributed by atoms with Crippen molar-refractivity contribution < 1.29 is 23.8 Å². The van der Waals surface area contributed by atoms with Crippen LogP contribution in [0.25, 0.3) is 5.57 Å². The minimum absolute atomic E-state index is 0.138.